The molecule has 18 heavy (non-hydrogen) atoms. The van der Waals surface area contributed by atoms with Gasteiger partial charge in [-0.1, -0.05) is 0 Å². The number of anilines is 1. The highest BCUT2D eigenvalue weighted by molar-refractivity contribution is 5.44. The van der Waals surface area contributed by atoms with E-state index in [0.29, 0.717) is 18.3 Å². The molecule has 1 saturated heterocycles. The molecule has 3 nitrogen and oxygen atoms in total. The Bertz CT molecular complexity index is 374. The van der Waals surface area contributed by atoms with Crippen molar-refractivity contribution in [2.24, 2.45) is 0 Å². The Morgan fingerprint density at radius 1 is 1.39 bits per heavy atom. The molecule has 1 aliphatic heterocycles. The zero-order valence-electron chi connectivity index (χ0n) is 10.4. The number of nitrogens with one attached hydrogen (secondary N) is 2. The summed E-state index contributed by atoms with van der Waals surface area (Å²) in [7, 11) is 0. The summed E-state index contributed by atoms with van der Waals surface area (Å²) in [5.74, 6) is -1.13. The van der Waals surface area contributed by atoms with Crippen LogP contribution in [0.15, 0.2) is 18.2 Å². The number of hydrogen-bond donors (Lipinski definition) is 2. The number of hydrogen-bond acceptors (Lipinski definition) is 3. The molecule has 0 radical (unpaired) electrons. The lowest BCUT2D eigenvalue weighted by atomic mass is 10.1. The summed E-state index contributed by atoms with van der Waals surface area (Å²) >= 11 is 0. The van der Waals surface area contributed by atoms with Crippen molar-refractivity contribution in [3.8, 4) is 0 Å². The van der Waals surface area contributed by atoms with E-state index in [4.69, 9.17) is 4.74 Å². The number of halogens is 2. The summed E-state index contributed by atoms with van der Waals surface area (Å²) < 4.78 is 31.4. The number of rotatable bonds is 4. The fraction of sp³-hybridized carbons (Fsp3) is 0.538. The molecule has 0 saturated carbocycles. The number of benzene rings is 1. The van der Waals surface area contributed by atoms with Gasteiger partial charge >= 0.3 is 0 Å². The van der Waals surface area contributed by atoms with Crippen LogP contribution in [0.25, 0.3) is 0 Å². The maximum atomic E-state index is 13.0. The second kappa shape index (κ2) is 6.11. The first kappa shape index (κ1) is 13.2. The highest BCUT2D eigenvalue weighted by atomic mass is 19.1. The molecule has 0 amide bonds. The van der Waals surface area contributed by atoms with Crippen LogP contribution in [0.3, 0.4) is 0 Å². The number of morpholine rings is 1. The Balaban J connectivity index is 1.87. The molecule has 2 atom stereocenters. The molecule has 0 aliphatic carbocycles. The van der Waals surface area contributed by atoms with E-state index in [1.54, 1.807) is 0 Å². The Kier molecular flexibility index (Phi) is 4.49. The molecule has 2 rings (SSSR count). The lowest BCUT2D eigenvalue weighted by Gasteiger charge is -2.27. The molecule has 1 aromatic rings. The summed E-state index contributed by atoms with van der Waals surface area (Å²) in [6.07, 6.45) is 0.845. The van der Waals surface area contributed by atoms with Gasteiger partial charge in [-0.25, -0.2) is 8.78 Å². The largest absolute Gasteiger partial charge is 0.382 e. The van der Waals surface area contributed by atoms with Crippen molar-refractivity contribution in [3.05, 3.63) is 29.8 Å². The van der Waals surface area contributed by atoms with Crippen molar-refractivity contribution in [1.29, 1.82) is 0 Å². The van der Waals surface area contributed by atoms with E-state index < -0.39 is 11.6 Å². The Hall–Kier alpha value is -1.20. The van der Waals surface area contributed by atoms with E-state index in [1.807, 2.05) is 6.92 Å². The maximum absolute atomic E-state index is 13.0. The second-order valence-electron chi connectivity index (χ2n) is 4.67. The van der Waals surface area contributed by atoms with Crippen LogP contribution in [0.4, 0.5) is 14.5 Å². The molecule has 5 heteroatoms. The van der Waals surface area contributed by atoms with Gasteiger partial charge in [-0.2, -0.15) is 0 Å². The third-order valence-corrected chi connectivity index (χ3v) is 2.91. The van der Waals surface area contributed by atoms with E-state index in [0.717, 1.165) is 25.6 Å². The smallest absolute Gasteiger partial charge is 0.128 e. The van der Waals surface area contributed by atoms with Crippen LogP contribution in [0, 0.1) is 11.6 Å². The van der Waals surface area contributed by atoms with Gasteiger partial charge in [-0.15, -0.1) is 0 Å². The van der Waals surface area contributed by atoms with Gasteiger partial charge < -0.3 is 15.4 Å². The third kappa shape index (κ3) is 3.92. The first-order chi connectivity index (χ1) is 8.63. The van der Waals surface area contributed by atoms with Crippen LogP contribution in [-0.4, -0.2) is 31.8 Å². The summed E-state index contributed by atoms with van der Waals surface area (Å²) in [5, 5.41) is 6.44. The van der Waals surface area contributed by atoms with Crippen LogP contribution >= 0.6 is 0 Å². The van der Waals surface area contributed by atoms with E-state index in [9.17, 15) is 8.78 Å². The van der Waals surface area contributed by atoms with Gasteiger partial charge in [-0.3, -0.25) is 0 Å². The highest BCUT2D eigenvalue weighted by Crippen LogP contribution is 2.15. The monoisotopic (exact) mass is 256 g/mol. The van der Waals surface area contributed by atoms with Gasteiger partial charge in [0.15, 0.2) is 0 Å². The van der Waals surface area contributed by atoms with E-state index in [2.05, 4.69) is 10.6 Å². The van der Waals surface area contributed by atoms with E-state index in [-0.39, 0.29) is 6.04 Å². The lowest BCUT2D eigenvalue weighted by molar-refractivity contribution is 0.0731. The SMILES string of the molecule is CC(CC1COCCN1)Nc1cc(F)cc(F)c1. The van der Waals surface area contributed by atoms with Crippen molar-refractivity contribution in [1.82, 2.24) is 5.32 Å². The van der Waals surface area contributed by atoms with Gasteiger partial charge in [0.05, 0.1) is 13.2 Å². The predicted molar refractivity (Wildman–Crippen MR) is 66.7 cm³/mol. The fourth-order valence-corrected chi connectivity index (χ4v) is 2.18. The Labute approximate surface area is 106 Å². The molecule has 0 spiro atoms. The van der Waals surface area contributed by atoms with E-state index >= 15 is 0 Å². The summed E-state index contributed by atoms with van der Waals surface area (Å²) in [4.78, 5) is 0. The van der Waals surface area contributed by atoms with Crippen LogP contribution in [0.1, 0.15) is 13.3 Å². The standard InChI is InChI=1S/C13H18F2N2O/c1-9(4-13-8-18-3-2-16-13)17-12-6-10(14)5-11(15)7-12/h5-7,9,13,16-17H,2-4,8H2,1H3. The normalized spacial score (nSPS) is 21.6. The molecule has 1 heterocycles. The molecule has 0 aromatic heterocycles. The van der Waals surface area contributed by atoms with Gasteiger partial charge in [-0.05, 0) is 25.5 Å². The second-order valence-corrected chi connectivity index (χ2v) is 4.67. The topological polar surface area (TPSA) is 33.3 Å². The summed E-state index contributed by atoms with van der Waals surface area (Å²) in [6, 6.07) is 3.87. The van der Waals surface area contributed by atoms with Gasteiger partial charge in [0, 0.05) is 30.4 Å². The molecule has 2 unspecified atom stereocenters. The van der Waals surface area contributed by atoms with Gasteiger partial charge in [0.2, 0.25) is 0 Å². The third-order valence-electron chi connectivity index (χ3n) is 2.91. The van der Waals surface area contributed by atoms with Crippen LogP contribution < -0.4 is 10.6 Å². The molecule has 100 valence electrons. The molecule has 2 N–H and O–H groups in total. The minimum absolute atomic E-state index is 0.116. The number of ether oxygens (including phenoxy) is 1. The van der Waals surface area contributed by atoms with Crippen molar-refractivity contribution in [3.63, 3.8) is 0 Å². The lowest BCUT2D eigenvalue weighted by Crippen LogP contribution is -2.43. The summed E-state index contributed by atoms with van der Waals surface area (Å²) in [5.41, 5.74) is 0.469. The van der Waals surface area contributed by atoms with Gasteiger partial charge in [0.1, 0.15) is 11.6 Å². The first-order valence-corrected chi connectivity index (χ1v) is 6.17. The van der Waals surface area contributed by atoms with Crippen molar-refractivity contribution < 1.29 is 13.5 Å². The van der Waals surface area contributed by atoms with Crippen LogP contribution in [0.2, 0.25) is 0 Å². The Morgan fingerprint density at radius 3 is 2.72 bits per heavy atom. The van der Waals surface area contributed by atoms with Crippen molar-refractivity contribution in [2.75, 3.05) is 25.1 Å². The predicted octanol–water partition coefficient (Wildman–Crippen LogP) is 2.14. The molecular weight excluding hydrogens is 238 g/mol. The first-order valence-electron chi connectivity index (χ1n) is 6.17. The van der Waals surface area contributed by atoms with Crippen molar-refractivity contribution >= 4 is 5.69 Å². The minimum Gasteiger partial charge on any atom is -0.382 e. The van der Waals surface area contributed by atoms with Crippen LogP contribution in [-0.2, 0) is 4.74 Å². The molecule has 0 bridgehead atoms. The average Bonchev–Trinajstić information content (AvgIpc) is 2.28. The zero-order valence-corrected chi connectivity index (χ0v) is 10.4. The average molecular weight is 256 g/mol. The summed E-state index contributed by atoms with van der Waals surface area (Å²) in [6.45, 7) is 4.27. The molecule has 1 aromatic carbocycles. The molecular formula is C13H18F2N2O. The minimum atomic E-state index is -0.566. The Morgan fingerprint density at radius 2 is 2.11 bits per heavy atom. The van der Waals surface area contributed by atoms with Gasteiger partial charge in [0.25, 0.3) is 0 Å². The van der Waals surface area contributed by atoms with Crippen LogP contribution in [0.5, 0.6) is 0 Å². The van der Waals surface area contributed by atoms with Crippen molar-refractivity contribution in [2.45, 2.75) is 25.4 Å². The highest BCUT2D eigenvalue weighted by Gasteiger charge is 2.16. The quantitative estimate of drug-likeness (QED) is 0.866. The van der Waals surface area contributed by atoms with E-state index in [1.165, 1.54) is 12.1 Å². The molecule has 1 fully saturated rings. The molecule has 1 aliphatic rings. The maximum Gasteiger partial charge on any atom is 0.128 e. The zero-order chi connectivity index (χ0) is 13.0. The fourth-order valence-electron chi connectivity index (χ4n) is 2.18.